The van der Waals surface area contributed by atoms with Crippen LogP contribution in [0, 0.1) is 0 Å². The van der Waals surface area contributed by atoms with Crippen molar-refractivity contribution in [2.75, 3.05) is 19.0 Å². The molecule has 0 saturated carbocycles. The molecule has 7 rings (SSSR count). The first kappa shape index (κ1) is 31.9. The molecule has 0 bridgehead atoms. The van der Waals surface area contributed by atoms with E-state index in [4.69, 9.17) is 32.9 Å². The van der Waals surface area contributed by atoms with E-state index in [9.17, 15) is 14.4 Å². The molecule has 3 N–H and O–H groups in total. The Bertz CT molecular complexity index is 2230. The highest BCUT2D eigenvalue weighted by Gasteiger charge is 2.30. The molecule has 13 heteroatoms. The lowest BCUT2D eigenvalue weighted by Gasteiger charge is -2.20. The maximum Gasteiger partial charge on any atom is 0.330 e. The summed E-state index contributed by atoms with van der Waals surface area (Å²) in [6.07, 6.45) is 4.69. The van der Waals surface area contributed by atoms with Gasteiger partial charge in [0.1, 0.15) is 11.2 Å². The Balaban J connectivity index is 1.22. The summed E-state index contributed by atoms with van der Waals surface area (Å²) in [6, 6.07) is 15.1. The molecule has 0 spiro atoms. The number of hydrogen-bond acceptors (Lipinski definition) is 8. The molecule has 1 aliphatic heterocycles. The third-order valence-electron chi connectivity index (χ3n) is 9.25. The van der Waals surface area contributed by atoms with Gasteiger partial charge in [0.05, 0.1) is 34.1 Å². The summed E-state index contributed by atoms with van der Waals surface area (Å²) in [5.41, 5.74) is 5.04. The maximum absolute atomic E-state index is 13.1. The Morgan fingerprint density at radius 2 is 1.71 bits per heavy atom. The second-order valence-corrected chi connectivity index (χ2v) is 12.9. The third kappa shape index (κ3) is 5.51. The minimum atomic E-state index is -0.464. The van der Waals surface area contributed by atoms with Crippen molar-refractivity contribution in [2.24, 2.45) is 14.1 Å². The topological polar surface area (TPSA) is 132 Å². The minimum absolute atomic E-state index is 0.0751. The Labute approximate surface area is 285 Å². The van der Waals surface area contributed by atoms with Crippen molar-refractivity contribution in [3.05, 3.63) is 96.7 Å². The highest BCUT2D eigenvalue weighted by Crippen LogP contribution is 2.44. The number of fused-ring (bicyclic) bond motifs is 2. The molecule has 5 aromatic rings. The normalized spacial score (nSPS) is 17.1. The number of methoxy groups -OCH3 is 1. The first-order valence-electron chi connectivity index (χ1n) is 15.7. The molecule has 2 aliphatic rings. The monoisotopic (exact) mass is 685 g/mol. The molecule has 0 radical (unpaired) electrons. The van der Waals surface area contributed by atoms with E-state index in [0.717, 1.165) is 40.5 Å². The molecule has 2 atom stereocenters. The number of amides is 1. The summed E-state index contributed by atoms with van der Waals surface area (Å²) in [5, 5.41) is 11.0. The van der Waals surface area contributed by atoms with Crippen molar-refractivity contribution in [2.45, 2.75) is 37.8 Å². The maximum atomic E-state index is 13.1. The van der Waals surface area contributed by atoms with Gasteiger partial charge in [-0.1, -0.05) is 53.5 Å². The highest BCUT2D eigenvalue weighted by atomic mass is 35.5. The van der Waals surface area contributed by atoms with Gasteiger partial charge in [0.15, 0.2) is 0 Å². The molecule has 246 valence electrons. The van der Waals surface area contributed by atoms with Gasteiger partial charge in [-0.15, -0.1) is 0 Å². The number of anilines is 2. The average molecular weight is 687 g/mol. The van der Waals surface area contributed by atoms with E-state index in [-0.39, 0.29) is 29.2 Å². The SMILES string of the molecule is COc1nc(-c2cccc(-c3cccc(Nc4nccc5c4c(=O)n(C)c(=O)n5C)c3Cl)c2Cl)cc2c1C(NC[C@H]1CCC(=O)N1)CC2. The fourth-order valence-corrected chi connectivity index (χ4v) is 7.34. The molecule has 1 amide bonds. The van der Waals surface area contributed by atoms with Crippen LogP contribution in [0.4, 0.5) is 11.5 Å². The summed E-state index contributed by atoms with van der Waals surface area (Å²) >= 11 is 14.1. The number of halogens is 2. The zero-order valence-corrected chi connectivity index (χ0v) is 28.1. The second-order valence-electron chi connectivity index (χ2n) is 12.1. The number of rotatable bonds is 8. The van der Waals surface area contributed by atoms with Crippen LogP contribution in [-0.4, -0.2) is 44.7 Å². The van der Waals surface area contributed by atoms with Crippen LogP contribution in [0.25, 0.3) is 33.3 Å². The fraction of sp³-hybridized carbons (Fsp3) is 0.286. The predicted molar refractivity (Wildman–Crippen MR) is 187 cm³/mol. The van der Waals surface area contributed by atoms with Crippen LogP contribution in [0.2, 0.25) is 10.0 Å². The molecule has 1 saturated heterocycles. The molecule has 1 unspecified atom stereocenters. The van der Waals surface area contributed by atoms with Crippen molar-refractivity contribution in [1.82, 2.24) is 29.7 Å². The molecular formula is C35H33Cl2N7O4. The van der Waals surface area contributed by atoms with Crippen LogP contribution in [-0.2, 0) is 25.3 Å². The van der Waals surface area contributed by atoms with E-state index in [2.05, 4.69) is 27.0 Å². The standard InChI is InChI=1S/C35H33Cl2N7O4/c1-43-26-14-15-38-32(29(26)34(46)44(2)35(43)47)41-24-9-5-7-21(31(24)37)20-6-4-8-22(30(20)36)25-16-18-10-12-23(28(18)33(42-25)48-3)39-17-19-11-13-27(45)40-19/h4-9,14-16,19,23,39H,10-13,17H2,1-3H3,(H,38,41)(H,40,45)/t19-,23?/m1/s1. The van der Waals surface area contributed by atoms with Crippen LogP contribution < -0.4 is 31.9 Å². The molecular weight excluding hydrogens is 653 g/mol. The van der Waals surface area contributed by atoms with Gasteiger partial charge in [-0.3, -0.25) is 18.7 Å². The molecule has 48 heavy (non-hydrogen) atoms. The number of pyridine rings is 2. The molecule has 11 nitrogen and oxygen atoms in total. The van der Waals surface area contributed by atoms with Crippen LogP contribution >= 0.6 is 23.2 Å². The average Bonchev–Trinajstić information content (AvgIpc) is 3.71. The number of benzene rings is 2. The first-order valence-corrected chi connectivity index (χ1v) is 16.4. The summed E-state index contributed by atoms with van der Waals surface area (Å²) in [7, 11) is 4.66. The zero-order valence-electron chi connectivity index (χ0n) is 26.6. The third-order valence-corrected chi connectivity index (χ3v) is 10.1. The van der Waals surface area contributed by atoms with E-state index in [1.54, 1.807) is 26.3 Å². The van der Waals surface area contributed by atoms with Crippen LogP contribution in [0.5, 0.6) is 5.88 Å². The Morgan fingerprint density at radius 3 is 2.46 bits per heavy atom. The predicted octanol–water partition coefficient (Wildman–Crippen LogP) is 5.28. The van der Waals surface area contributed by atoms with Gasteiger partial charge in [0, 0.05) is 67.6 Å². The van der Waals surface area contributed by atoms with E-state index in [0.29, 0.717) is 56.9 Å². The smallest absolute Gasteiger partial charge is 0.330 e. The van der Waals surface area contributed by atoms with Crippen molar-refractivity contribution < 1.29 is 9.53 Å². The molecule has 4 heterocycles. The van der Waals surface area contributed by atoms with Crippen molar-refractivity contribution >= 4 is 51.5 Å². The van der Waals surface area contributed by atoms with Crippen molar-refractivity contribution in [3.63, 3.8) is 0 Å². The highest BCUT2D eigenvalue weighted by molar-refractivity contribution is 6.39. The molecule has 1 fully saturated rings. The van der Waals surface area contributed by atoms with Gasteiger partial charge in [-0.05, 0) is 43.0 Å². The van der Waals surface area contributed by atoms with Crippen molar-refractivity contribution in [1.29, 1.82) is 0 Å². The zero-order chi connectivity index (χ0) is 33.7. The molecule has 1 aliphatic carbocycles. The van der Waals surface area contributed by atoms with Crippen molar-refractivity contribution in [3.8, 4) is 28.3 Å². The summed E-state index contributed by atoms with van der Waals surface area (Å²) in [5.74, 6) is 0.923. The second kappa shape index (κ2) is 12.7. The van der Waals surface area contributed by atoms with Gasteiger partial charge >= 0.3 is 5.69 Å². The largest absolute Gasteiger partial charge is 0.481 e. The summed E-state index contributed by atoms with van der Waals surface area (Å²) < 4.78 is 8.26. The minimum Gasteiger partial charge on any atom is -0.481 e. The lowest BCUT2D eigenvalue weighted by atomic mass is 9.99. The Kier molecular flexibility index (Phi) is 8.44. The van der Waals surface area contributed by atoms with Gasteiger partial charge < -0.3 is 20.7 Å². The number of hydrogen-bond donors (Lipinski definition) is 3. The number of nitrogens with one attached hydrogen (secondary N) is 3. The Morgan fingerprint density at radius 1 is 0.958 bits per heavy atom. The Hall–Kier alpha value is -4.71. The number of nitrogens with zero attached hydrogens (tertiary/aromatic N) is 4. The van der Waals surface area contributed by atoms with E-state index < -0.39 is 11.2 Å². The first-order chi connectivity index (χ1) is 23.2. The lowest BCUT2D eigenvalue weighted by molar-refractivity contribution is -0.119. The van der Waals surface area contributed by atoms with Crippen LogP contribution in [0.15, 0.2) is 64.3 Å². The van der Waals surface area contributed by atoms with Gasteiger partial charge in [0.2, 0.25) is 11.8 Å². The van der Waals surface area contributed by atoms with Crippen LogP contribution in [0.3, 0.4) is 0 Å². The molecule has 2 aromatic carbocycles. The summed E-state index contributed by atoms with van der Waals surface area (Å²) in [6.45, 7) is 0.691. The number of carbonyl (C=O) groups is 1. The number of carbonyl (C=O) groups excluding carboxylic acids is 1. The van der Waals surface area contributed by atoms with E-state index in [1.807, 2.05) is 30.3 Å². The fourth-order valence-electron chi connectivity index (χ4n) is 6.74. The van der Waals surface area contributed by atoms with Gasteiger partial charge in [-0.25, -0.2) is 14.8 Å². The number of aromatic nitrogens is 4. The van der Waals surface area contributed by atoms with E-state index >= 15 is 0 Å². The van der Waals surface area contributed by atoms with Gasteiger partial charge in [-0.2, -0.15) is 0 Å². The number of ether oxygens (including phenoxy) is 1. The molecule has 3 aromatic heterocycles. The summed E-state index contributed by atoms with van der Waals surface area (Å²) in [4.78, 5) is 46.6. The quantitative estimate of drug-likeness (QED) is 0.201. The number of aryl methyl sites for hydroxylation is 2. The van der Waals surface area contributed by atoms with E-state index in [1.165, 1.54) is 17.8 Å². The lowest BCUT2D eigenvalue weighted by Crippen LogP contribution is -2.37. The van der Waals surface area contributed by atoms with Gasteiger partial charge in [0.25, 0.3) is 5.56 Å². The van der Waals surface area contributed by atoms with Crippen LogP contribution in [0.1, 0.15) is 36.4 Å².